The number of nitrogens with zero attached hydrogens (tertiary/aromatic N) is 4. The first-order chi connectivity index (χ1) is 10.2. The van der Waals surface area contributed by atoms with Gasteiger partial charge in [-0.3, -0.25) is 4.79 Å². The number of rotatable bonds is 8. The van der Waals surface area contributed by atoms with E-state index in [1.54, 1.807) is 18.0 Å². The summed E-state index contributed by atoms with van der Waals surface area (Å²) in [6, 6.07) is 7.25. The molecule has 1 amide bonds. The van der Waals surface area contributed by atoms with E-state index >= 15 is 0 Å². The van der Waals surface area contributed by atoms with E-state index in [1.807, 2.05) is 18.2 Å². The molecule has 0 fully saturated rings. The number of amides is 1. The van der Waals surface area contributed by atoms with Gasteiger partial charge in [0, 0.05) is 24.9 Å². The molecule has 1 aromatic carbocycles. The molecule has 0 saturated carbocycles. The van der Waals surface area contributed by atoms with Crippen LogP contribution in [-0.2, 0) is 4.79 Å². The van der Waals surface area contributed by atoms with Crippen LogP contribution in [0.4, 0.5) is 5.69 Å². The maximum Gasteiger partial charge on any atom is 0.226 e. The monoisotopic (exact) mass is 286 g/mol. The van der Waals surface area contributed by atoms with Gasteiger partial charge in [-0.05, 0) is 30.5 Å². The summed E-state index contributed by atoms with van der Waals surface area (Å²) in [6.07, 6.45) is 6.94. The average Bonchev–Trinajstić information content (AvgIpc) is 2.52. The Labute approximate surface area is 124 Å². The van der Waals surface area contributed by atoms with E-state index in [-0.39, 0.29) is 12.5 Å². The zero-order chi connectivity index (χ0) is 15.5. The number of hydrogen-bond donors (Lipinski definition) is 0. The molecular weight excluding hydrogens is 268 g/mol. The smallest absolute Gasteiger partial charge is 0.226 e. The molecule has 21 heavy (non-hydrogen) atoms. The molecule has 0 aliphatic heterocycles. The topological polar surface area (TPSA) is 78.3 Å². The second-order valence-electron chi connectivity index (χ2n) is 4.32. The highest BCUT2D eigenvalue weighted by Crippen LogP contribution is 2.27. The summed E-state index contributed by atoms with van der Waals surface area (Å²) in [4.78, 5) is 16.4. The molecule has 6 heteroatoms. The fraction of sp³-hybridized carbons (Fsp3) is 0.400. The standard InChI is InChI=1S/C15H18N4O2/c1-3-12-21-14-9-5-4-8-13(14)19(2)15(20)10-6-7-11-17-18-16/h1,4-5,8-9H,6-7,10-12H2,2H3. The minimum Gasteiger partial charge on any atom is -0.479 e. The first-order valence-corrected chi connectivity index (χ1v) is 6.63. The Morgan fingerprint density at radius 3 is 2.95 bits per heavy atom. The molecule has 0 saturated heterocycles. The lowest BCUT2D eigenvalue weighted by atomic mass is 10.2. The van der Waals surface area contributed by atoms with Crippen LogP contribution in [0.3, 0.4) is 0 Å². The van der Waals surface area contributed by atoms with Crippen LogP contribution < -0.4 is 9.64 Å². The number of para-hydroxylation sites is 2. The van der Waals surface area contributed by atoms with Crippen molar-refractivity contribution in [3.05, 3.63) is 34.7 Å². The molecule has 0 aliphatic carbocycles. The van der Waals surface area contributed by atoms with E-state index in [1.165, 1.54) is 0 Å². The molecule has 110 valence electrons. The van der Waals surface area contributed by atoms with Gasteiger partial charge in [-0.1, -0.05) is 23.2 Å². The molecule has 0 N–H and O–H groups in total. The van der Waals surface area contributed by atoms with Crippen molar-refractivity contribution in [3.63, 3.8) is 0 Å². The van der Waals surface area contributed by atoms with E-state index in [0.29, 0.717) is 37.2 Å². The predicted octanol–water partition coefficient (Wildman–Crippen LogP) is 3.14. The van der Waals surface area contributed by atoms with Crippen molar-refractivity contribution in [2.75, 3.05) is 25.1 Å². The number of ether oxygens (including phenoxy) is 1. The molecule has 0 bridgehead atoms. The molecular formula is C15H18N4O2. The lowest BCUT2D eigenvalue weighted by molar-refractivity contribution is -0.118. The predicted molar refractivity (Wildman–Crippen MR) is 82.0 cm³/mol. The van der Waals surface area contributed by atoms with Gasteiger partial charge in [0.25, 0.3) is 0 Å². The maximum atomic E-state index is 12.1. The van der Waals surface area contributed by atoms with E-state index in [9.17, 15) is 4.79 Å². The minimum atomic E-state index is -0.0207. The summed E-state index contributed by atoms with van der Waals surface area (Å²) >= 11 is 0. The summed E-state index contributed by atoms with van der Waals surface area (Å²) in [5.74, 6) is 2.96. The van der Waals surface area contributed by atoms with E-state index < -0.39 is 0 Å². The third-order valence-electron chi connectivity index (χ3n) is 2.87. The van der Waals surface area contributed by atoms with Crippen LogP contribution in [0.2, 0.25) is 0 Å². The van der Waals surface area contributed by atoms with E-state index in [0.717, 1.165) is 0 Å². The summed E-state index contributed by atoms with van der Waals surface area (Å²) in [5, 5.41) is 3.44. The second-order valence-corrected chi connectivity index (χ2v) is 4.32. The Kier molecular flexibility index (Phi) is 7.26. The number of benzene rings is 1. The van der Waals surface area contributed by atoms with Gasteiger partial charge in [0.2, 0.25) is 5.91 Å². The number of hydrogen-bond acceptors (Lipinski definition) is 3. The molecule has 0 heterocycles. The van der Waals surface area contributed by atoms with E-state index in [4.69, 9.17) is 16.7 Å². The van der Waals surface area contributed by atoms with Gasteiger partial charge in [0.05, 0.1) is 5.69 Å². The molecule has 0 aromatic heterocycles. The fourth-order valence-electron chi connectivity index (χ4n) is 1.78. The van der Waals surface area contributed by atoms with Gasteiger partial charge >= 0.3 is 0 Å². The lowest BCUT2D eigenvalue weighted by Crippen LogP contribution is -2.26. The van der Waals surface area contributed by atoms with Crippen LogP contribution >= 0.6 is 0 Å². The van der Waals surface area contributed by atoms with Gasteiger partial charge in [-0.15, -0.1) is 6.42 Å². The van der Waals surface area contributed by atoms with E-state index in [2.05, 4.69) is 15.9 Å². The Bertz CT molecular complexity index is 559. The Balaban J connectivity index is 2.61. The molecule has 1 aromatic rings. The third kappa shape index (κ3) is 5.47. The molecule has 0 atom stereocenters. The molecule has 6 nitrogen and oxygen atoms in total. The second kappa shape index (κ2) is 9.29. The number of carbonyl (C=O) groups is 1. The largest absolute Gasteiger partial charge is 0.479 e. The Morgan fingerprint density at radius 1 is 1.48 bits per heavy atom. The van der Waals surface area contributed by atoms with Gasteiger partial charge < -0.3 is 9.64 Å². The first kappa shape index (κ1) is 16.4. The molecule has 0 unspecified atom stereocenters. The Hall–Kier alpha value is -2.64. The van der Waals surface area contributed by atoms with Crippen molar-refractivity contribution in [1.82, 2.24) is 0 Å². The normalized spacial score (nSPS) is 9.33. The van der Waals surface area contributed by atoms with Gasteiger partial charge in [0.15, 0.2) is 0 Å². The zero-order valence-electron chi connectivity index (χ0n) is 12.0. The van der Waals surface area contributed by atoms with Gasteiger partial charge in [-0.2, -0.15) is 0 Å². The fourth-order valence-corrected chi connectivity index (χ4v) is 1.78. The van der Waals surface area contributed by atoms with Crippen molar-refractivity contribution in [2.45, 2.75) is 19.3 Å². The highest BCUT2D eigenvalue weighted by molar-refractivity contribution is 5.94. The maximum absolute atomic E-state index is 12.1. The average molecular weight is 286 g/mol. The van der Waals surface area contributed by atoms with Crippen LogP contribution in [0.1, 0.15) is 19.3 Å². The minimum absolute atomic E-state index is 0.0207. The van der Waals surface area contributed by atoms with Crippen molar-refractivity contribution in [2.24, 2.45) is 5.11 Å². The lowest BCUT2D eigenvalue weighted by Gasteiger charge is -2.20. The number of unbranched alkanes of at least 4 members (excludes halogenated alkanes) is 1. The number of terminal acetylenes is 1. The summed E-state index contributed by atoms with van der Waals surface area (Å²) in [5.41, 5.74) is 8.86. The Morgan fingerprint density at radius 2 is 2.24 bits per heavy atom. The van der Waals surface area contributed by atoms with Crippen molar-refractivity contribution in [1.29, 1.82) is 0 Å². The summed E-state index contributed by atoms with van der Waals surface area (Å²) in [7, 11) is 1.70. The highest BCUT2D eigenvalue weighted by atomic mass is 16.5. The van der Waals surface area contributed by atoms with Gasteiger partial charge in [-0.25, -0.2) is 0 Å². The SMILES string of the molecule is C#CCOc1ccccc1N(C)C(=O)CCCCN=[N+]=[N-]. The quantitative estimate of drug-likeness (QED) is 0.242. The number of azide groups is 1. The molecule has 0 spiro atoms. The van der Waals surface area contributed by atoms with Crippen LogP contribution in [0.15, 0.2) is 29.4 Å². The highest BCUT2D eigenvalue weighted by Gasteiger charge is 2.14. The molecule has 0 aliphatic rings. The first-order valence-electron chi connectivity index (χ1n) is 6.63. The van der Waals surface area contributed by atoms with Crippen molar-refractivity contribution >= 4 is 11.6 Å². The van der Waals surface area contributed by atoms with Crippen molar-refractivity contribution < 1.29 is 9.53 Å². The molecule has 1 rings (SSSR count). The third-order valence-corrected chi connectivity index (χ3v) is 2.87. The van der Waals surface area contributed by atoms with Crippen LogP contribution in [0.25, 0.3) is 10.4 Å². The summed E-state index contributed by atoms with van der Waals surface area (Å²) in [6.45, 7) is 0.570. The van der Waals surface area contributed by atoms with Gasteiger partial charge in [0.1, 0.15) is 12.4 Å². The van der Waals surface area contributed by atoms with Crippen molar-refractivity contribution in [3.8, 4) is 18.1 Å². The van der Waals surface area contributed by atoms with Crippen LogP contribution in [-0.4, -0.2) is 26.1 Å². The molecule has 0 radical (unpaired) electrons. The number of carbonyl (C=O) groups excluding carboxylic acids is 1. The summed E-state index contributed by atoms with van der Waals surface area (Å²) < 4.78 is 5.43. The number of anilines is 1. The van der Waals surface area contributed by atoms with Crippen LogP contribution in [0.5, 0.6) is 5.75 Å². The van der Waals surface area contributed by atoms with Crippen LogP contribution in [0, 0.1) is 12.3 Å². The zero-order valence-corrected chi connectivity index (χ0v) is 12.0.